The molecule has 0 N–H and O–H groups in total. The standard InChI is InChI=1S/C35H41ClO7/c1-4-6-8-10-22-40-32-21-18-29(24-31(32)36)26-12-14-27(15-13-26)35(39)43-30-19-16-28(17-20-30)34(38)42-25(3)33(37)41-23-11-9-7-5-2/h12-21,24-25H,4-11,22-23H2,1-3H3. The topological polar surface area (TPSA) is 88.1 Å². The molecule has 3 aromatic rings. The molecule has 0 fully saturated rings. The summed E-state index contributed by atoms with van der Waals surface area (Å²) >= 11 is 6.44. The molecule has 0 saturated heterocycles. The molecule has 43 heavy (non-hydrogen) atoms. The Morgan fingerprint density at radius 1 is 0.698 bits per heavy atom. The highest BCUT2D eigenvalue weighted by Gasteiger charge is 2.20. The number of rotatable bonds is 17. The van der Waals surface area contributed by atoms with Crippen molar-refractivity contribution < 1.29 is 33.3 Å². The van der Waals surface area contributed by atoms with Gasteiger partial charge in [0.15, 0.2) is 6.10 Å². The second kappa shape index (κ2) is 18.0. The average Bonchev–Trinajstić information content (AvgIpc) is 3.01. The van der Waals surface area contributed by atoms with Crippen molar-refractivity contribution in [2.75, 3.05) is 13.2 Å². The van der Waals surface area contributed by atoms with E-state index in [0.29, 0.717) is 29.5 Å². The van der Waals surface area contributed by atoms with Gasteiger partial charge in [0.25, 0.3) is 0 Å². The number of halogens is 1. The number of carbonyl (C=O) groups excluding carboxylic acids is 3. The molecule has 1 unspecified atom stereocenters. The minimum atomic E-state index is -1.03. The number of esters is 3. The minimum absolute atomic E-state index is 0.221. The Balaban J connectivity index is 1.49. The normalized spacial score (nSPS) is 11.4. The molecule has 3 aromatic carbocycles. The van der Waals surface area contributed by atoms with Crippen LogP contribution in [0.25, 0.3) is 11.1 Å². The number of benzene rings is 3. The van der Waals surface area contributed by atoms with Crippen molar-refractivity contribution in [3.63, 3.8) is 0 Å². The zero-order chi connectivity index (χ0) is 31.0. The van der Waals surface area contributed by atoms with Crippen LogP contribution in [0.3, 0.4) is 0 Å². The van der Waals surface area contributed by atoms with E-state index in [2.05, 4.69) is 13.8 Å². The summed E-state index contributed by atoms with van der Waals surface area (Å²) in [7, 11) is 0. The molecule has 0 heterocycles. The molecule has 7 nitrogen and oxygen atoms in total. The van der Waals surface area contributed by atoms with Crippen LogP contribution in [0, 0.1) is 0 Å². The van der Waals surface area contributed by atoms with E-state index in [1.807, 2.05) is 30.3 Å². The minimum Gasteiger partial charge on any atom is -0.492 e. The molecule has 0 bridgehead atoms. The monoisotopic (exact) mass is 608 g/mol. The summed E-state index contributed by atoms with van der Waals surface area (Å²) in [5, 5.41) is 0.538. The van der Waals surface area contributed by atoms with Crippen LogP contribution in [0.5, 0.6) is 11.5 Å². The molecule has 0 aliphatic carbocycles. The molecule has 8 heteroatoms. The van der Waals surface area contributed by atoms with Crippen LogP contribution in [0.1, 0.15) is 92.9 Å². The lowest BCUT2D eigenvalue weighted by molar-refractivity contribution is -0.153. The summed E-state index contributed by atoms with van der Waals surface area (Å²) in [6.45, 7) is 6.69. The summed E-state index contributed by atoms with van der Waals surface area (Å²) in [5.74, 6) is -0.866. The van der Waals surface area contributed by atoms with Crippen molar-refractivity contribution in [3.8, 4) is 22.6 Å². The molecule has 230 valence electrons. The van der Waals surface area contributed by atoms with Crippen LogP contribution in [-0.2, 0) is 14.3 Å². The fraction of sp³-hybridized carbons (Fsp3) is 0.400. The first kappa shape index (κ1) is 33.7. The van der Waals surface area contributed by atoms with Crippen molar-refractivity contribution in [1.82, 2.24) is 0 Å². The zero-order valence-electron chi connectivity index (χ0n) is 25.2. The van der Waals surface area contributed by atoms with E-state index in [0.717, 1.165) is 49.7 Å². The maximum atomic E-state index is 12.7. The van der Waals surface area contributed by atoms with Gasteiger partial charge in [-0.05, 0) is 79.4 Å². The van der Waals surface area contributed by atoms with Gasteiger partial charge in [0.2, 0.25) is 0 Å². The molecule has 0 radical (unpaired) electrons. The van der Waals surface area contributed by atoms with Gasteiger partial charge in [-0.1, -0.05) is 82.2 Å². The van der Waals surface area contributed by atoms with E-state index in [1.54, 1.807) is 12.1 Å². The van der Waals surface area contributed by atoms with Crippen molar-refractivity contribution in [1.29, 1.82) is 0 Å². The molecular formula is C35H41ClO7. The van der Waals surface area contributed by atoms with Crippen molar-refractivity contribution in [3.05, 3.63) is 82.9 Å². The second-order valence-corrected chi connectivity index (χ2v) is 10.7. The summed E-state index contributed by atoms with van der Waals surface area (Å²) in [5.41, 5.74) is 2.39. The van der Waals surface area contributed by atoms with Gasteiger partial charge in [-0.15, -0.1) is 0 Å². The third kappa shape index (κ3) is 11.1. The molecule has 3 rings (SSSR count). The maximum absolute atomic E-state index is 12.7. The highest BCUT2D eigenvalue weighted by atomic mass is 35.5. The lowest BCUT2D eigenvalue weighted by Crippen LogP contribution is -2.26. The largest absolute Gasteiger partial charge is 0.492 e. The van der Waals surface area contributed by atoms with Gasteiger partial charge in [0.05, 0.1) is 29.4 Å². The van der Waals surface area contributed by atoms with E-state index in [9.17, 15) is 14.4 Å². The second-order valence-electron chi connectivity index (χ2n) is 10.3. The first-order valence-electron chi connectivity index (χ1n) is 15.0. The van der Waals surface area contributed by atoms with Gasteiger partial charge in [-0.2, -0.15) is 0 Å². The zero-order valence-corrected chi connectivity index (χ0v) is 26.0. The Hall–Kier alpha value is -3.84. The van der Waals surface area contributed by atoms with Gasteiger partial charge in [-0.25, -0.2) is 14.4 Å². The van der Waals surface area contributed by atoms with Crippen LogP contribution < -0.4 is 9.47 Å². The summed E-state index contributed by atoms with van der Waals surface area (Å²) in [6.07, 6.45) is 7.42. The van der Waals surface area contributed by atoms with Crippen LogP contribution in [0.15, 0.2) is 66.7 Å². The Morgan fingerprint density at radius 3 is 1.91 bits per heavy atom. The highest BCUT2D eigenvalue weighted by Crippen LogP contribution is 2.31. The highest BCUT2D eigenvalue weighted by molar-refractivity contribution is 6.32. The Bertz CT molecular complexity index is 1320. The fourth-order valence-corrected chi connectivity index (χ4v) is 4.46. The average molecular weight is 609 g/mol. The Morgan fingerprint density at radius 2 is 1.28 bits per heavy atom. The smallest absolute Gasteiger partial charge is 0.347 e. The molecular weight excluding hydrogens is 568 g/mol. The van der Waals surface area contributed by atoms with Gasteiger partial charge in [-0.3, -0.25) is 0 Å². The SMILES string of the molecule is CCCCCCOC(=O)C(C)OC(=O)c1ccc(OC(=O)c2ccc(-c3ccc(OCCCCCC)c(Cl)c3)cc2)cc1. The molecule has 1 atom stereocenters. The number of hydrogen-bond donors (Lipinski definition) is 0. The first-order chi connectivity index (χ1) is 20.8. The number of carbonyl (C=O) groups is 3. The van der Waals surface area contributed by atoms with Crippen LogP contribution in [0.4, 0.5) is 0 Å². The van der Waals surface area contributed by atoms with Crippen molar-refractivity contribution in [2.45, 2.75) is 78.2 Å². The summed E-state index contributed by atoms with van der Waals surface area (Å²) in [4.78, 5) is 37.2. The lowest BCUT2D eigenvalue weighted by atomic mass is 10.0. The molecule has 0 aliphatic heterocycles. The van der Waals surface area contributed by atoms with Gasteiger partial charge in [0, 0.05) is 0 Å². The maximum Gasteiger partial charge on any atom is 0.347 e. The van der Waals surface area contributed by atoms with Gasteiger partial charge >= 0.3 is 17.9 Å². The lowest BCUT2D eigenvalue weighted by Gasteiger charge is -2.13. The van der Waals surface area contributed by atoms with E-state index in [-0.39, 0.29) is 11.3 Å². The van der Waals surface area contributed by atoms with Gasteiger partial charge < -0.3 is 18.9 Å². The van der Waals surface area contributed by atoms with E-state index < -0.39 is 24.0 Å². The molecule has 0 aliphatic rings. The summed E-state index contributed by atoms with van der Waals surface area (Å²) in [6, 6.07) is 18.6. The molecule has 0 amide bonds. The molecule has 0 saturated carbocycles. The van der Waals surface area contributed by atoms with Crippen molar-refractivity contribution in [2.24, 2.45) is 0 Å². The molecule has 0 spiro atoms. The predicted molar refractivity (Wildman–Crippen MR) is 168 cm³/mol. The fourth-order valence-electron chi connectivity index (χ4n) is 4.23. The van der Waals surface area contributed by atoms with Crippen molar-refractivity contribution >= 4 is 29.5 Å². The van der Waals surface area contributed by atoms with Crippen LogP contribution >= 0.6 is 11.6 Å². The summed E-state index contributed by atoms with van der Waals surface area (Å²) < 4.78 is 21.7. The number of hydrogen-bond acceptors (Lipinski definition) is 7. The Kier molecular flexibility index (Phi) is 14.1. The molecule has 0 aromatic heterocycles. The Labute approximate surface area is 259 Å². The van der Waals surface area contributed by atoms with Crippen LogP contribution in [0.2, 0.25) is 5.02 Å². The van der Waals surface area contributed by atoms with E-state index in [1.165, 1.54) is 44.0 Å². The van der Waals surface area contributed by atoms with E-state index >= 15 is 0 Å². The third-order valence-electron chi connectivity index (χ3n) is 6.80. The quantitative estimate of drug-likeness (QED) is 0.0859. The number of ether oxygens (including phenoxy) is 4. The predicted octanol–water partition coefficient (Wildman–Crippen LogP) is 8.85. The number of unbranched alkanes of at least 4 members (excludes halogenated alkanes) is 6. The van der Waals surface area contributed by atoms with E-state index in [4.69, 9.17) is 30.5 Å². The third-order valence-corrected chi connectivity index (χ3v) is 7.10. The van der Waals surface area contributed by atoms with Crippen LogP contribution in [-0.4, -0.2) is 37.2 Å². The first-order valence-corrected chi connectivity index (χ1v) is 15.4. The van der Waals surface area contributed by atoms with Gasteiger partial charge in [0.1, 0.15) is 11.5 Å².